The molecule has 1 saturated heterocycles. The molecule has 2 rings (SSSR count). The number of hydrogen-bond donors (Lipinski definition) is 1. The maximum absolute atomic E-state index is 12.3. The molecule has 20 heavy (non-hydrogen) atoms. The number of ether oxygens (including phenoxy) is 1. The van der Waals surface area contributed by atoms with E-state index in [0.29, 0.717) is 6.67 Å². The van der Waals surface area contributed by atoms with Crippen LogP contribution in [0.3, 0.4) is 0 Å². The van der Waals surface area contributed by atoms with Crippen molar-refractivity contribution in [1.29, 1.82) is 0 Å². The molecule has 1 atom stereocenters. The lowest BCUT2D eigenvalue weighted by Crippen LogP contribution is -2.28. The summed E-state index contributed by atoms with van der Waals surface area (Å²) in [6, 6.07) is 9.70. The Morgan fingerprint density at radius 1 is 1.25 bits per heavy atom. The molecule has 1 aromatic carbocycles. The van der Waals surface area contributed by atoms with Crippen LogP contribution < -0.4 is 5.32 Å². The summed E-state index contributed by atoms with van der Waals surface area (Å²) in [5, 5.41) is 3.27. The maximum atomic E-state index is 12.3. The van der Waals surface area contributed by atoms with Crippen LogP contribution in [-0.4, -0.2) is 37.2 Å². The van der Waals surface area contributed by atoms with Crippen molar-refractivity contribution in [2.75, 3.05) is 26.4 Å². The summed E-state index contributed by atoms with van der Waals surface area (Å²) < 4.78 is 5.52. The SMILES string of the molecule is CCCCOCCCN1CNC(c2ccccc2)C1=O. The lowest BCUT2D eigenvalue weighted by Gasteiger charge is -2.15. The zero-order chi connectivity index (χ0) is 14.2. The largest absolute Gasteiger partial charge is 0.381 e. The third-order valence-corrected chi connectivity index (χ3v) is 3.54. The van der Waals surface area contributed by atoms with E-state index in [1.807, 2.05) is 35.2 Å². The van der Waals surface area contributed by atoms with E-state index in [0.717, 1.165) is 44.6 Å². The first-order chi connectivity index (χ1) is 9.83. The predicted octanol–water partition coefficient (Wildman–Crippen LogP) is 2.32. The molecule has 1 fully saturated rings. The van der Waals surface area contributed by atoms with E-state index in [1.165, 1.54) is 0 Å². The summed E-state index contributed by atoms with van der Waals surface area (Å²) in [5.74, 6) is 0.171. The van der Waals surface area contributed by atoms with Gasteiger partial charge in [-0.3, -0.25) is 10.1 Å². The molecule has 4 nitrogen and oxygen atoms in total. The molecule has 1 amide bonds. The van der Waals surface area contributed by atoms with Crippen LogP contribution in [-0.2, 0) is 9.53 Å². The van der Waals surface area contributed by atoms with Gasteiger partial charge in [0.15, 0.2) is 0 Å². The predicted molar refractivity (Wildman–Crippen MR) is 79.2 cm³/mol. The third kappa shape index (κ3) is 4.05. The molecule has 0 aromatic heterocycles. The second-order valence-corrected chi connectivity index (χ2v) is 5.13. The Morgan fingerprint density at radius 3 is 2.75 bits per heavy atom. The van der Waals surface area contributed by atoms with Gasteiger partial charge >= 0.3 is 0 Å². The van der Waals surface area contributed by atoms with Gasteiger partial charge in [-0.2, -0.15) is 0 Å². The fraction of sp³-hybridized carbons (Fsp3) is 0.562. The van der Waals surface area contributed by atoms with Crippen molar-refractivity contribution in [1.82, 2.24) is 10.2 Å². The minimum Gasteiger partial charge on any atom is -0.381 e. The van der Waals surface area contributed by atoms with Gasteiger partial charge in [-0.15, -0.1) is 0 Å². The van der Waals surface area contributed by atoms with Crippen molar-refractivity contribution in [3.63, 3.8) is 0 Å². The highest BCUT2D eigenvalue weighted by atomic mass is 16.5. The quantitative estimate of drug-likeness (QED) is 0.741. The highest BCUT2D eigenvalue weighted by molar-refractivity contribution is 5.85. The van der Waals surface area contributed by atoms with Gasteiger partial charge in [-0.1, -0.05) is 43.7 Å². The zero-order valence-corrected chi connectivity index (χ0v) is 12.2. The van der Waals surface area contributed by atoms with Crippen LogP contribution in [0.4, 0.5) is 0 Å². The van der Waals surface area contributed by atoms with E-state index in [4.69, 9.17) is 4.74 Å². The van der Waals surface area contributed by atoms with E-state index in [2.05, 4.69) is 12.2 Å². The first-order valence-electron chi connectivity index (χ1n) is 7.47. The number of nitrogens with zero attached hydrogens (tertiary/aromatic N) is 1. The van der Waals surface area contributed by atoms with Crippen LogP contribution in [0.5, 0.6) is 0 Å². The standard InChI is InChI=1S/C16H24N2O2/c1-2-3-11-20-12-7-10-18-13-17-15(16(18)19)14-8-5-4-6-9-14/h4-6,8-9,15,17H,2-3,7,10-13H2,1H3. The normalized spacial score (nSPS) is 18.8. The fourth-order valence-corrected chi connectivity index (χ4v) is 2.35. The maximum Gasteiger partial charge on any atom is 0.245 e. The summed E-state index contributed by atoms with van der Waals surface area (Å²) >= 11 is 0. The second kappa shape index (κ2) is 8.02. The third-order valence-electron chi connectivity index (χ3n) is 3.54. The number of rotatable bonds is 8. The summed E-state index contributed by atoms with van der Waals surface area (Å²) in [7, 11) is 0. The lowest BCUT2D eigenvalue weighted by atomic mass is 10.1. The Balaban J connectivity index is 1.72. The van der Waals surface area contributed by atoms with Crippen LogP contribution in [0.15, 0.2) is 30.3 Å². The van der Waals surface area contributed by atoms with Crippen LogP contribution in [0.2, 0.25) is 0 Å². The molecule has 1 unspecified atom stereocenters. The molecular formula is C16H24N2O2. The van der Waals surface area contributed by atoms with Gasteiger partial charge in [-0.25, -0.2) is 0 Å². The number of carbonyl (C=O) groups is 1. The Bertz CT molecular complexity index is 408. The van der Waals surface area contributed by atoms with Gasteiger partial charge in [-0.05, 0) is 18.4 Å². The van der Waals surface area contributed by atoms with Gasteiger partial charge in [0.05, 0.1) is 6.67 Å². The molecule has 0 saturated carbocycles. The van der Waals surface area contributed by atoms with Crippen molar-refractivity contribution >= 4 is 5.91 Å². The molecule has 1 aliphatic heterocycles. The molecule has 1 N–H and O–H groups in total. The number of benzene rings is 1. The van der Waals surface area contributed by atoms with Crippen LogP contribution in [0, 0.1) is 0 Å². The Labute approximate surface area is 121 Å². The Kier molecular flexibility index (Phi) is 6.02. The van der Waals surface area contributed by atoms with Crippen molar-refractivity contribution in [2.24, 2.45) is 0 Å². The van der Waals surface area contributed by atoms with Crippen molar-refractivity contribution in [2.45, 2.75) is 32.2 Å². The summed E-state index contributed by atoms with van der Waals surface area (Å²) in [4.78, 5) is 14.2. The average molecular weight is 276 g/mol. The minimum atomic E-state index is -0.183. The molecule has 1 aliphatic rings. The molecular weight excluding hydrogens is 252 g/mol. The van der Waals surface area contributed by atoms with Gasteiger partial charge in [0, 0.05) is 19.8 Å². The first-order valence-corrected chi connectivity index (χ1v) is 7.47. The number of unbranched alkanes of at least 4 members (excludes halogenated alkanes) is 1. The number of hydrogen-bond acceptors (Lipinski definition) is 3. The second-order valence-electron chi connectivity index (χ2n) is 5.13. The van der Waals surface area contributed by atoms with Crippen molar-refractivity contribution in [3.05, 3.63) is 35.9 Å². The van der Waals surface area contributed by atoms with E-state index in [9.17, 15) is 4.79 Å². The molecule has 1 aromatic rings. The number of amides is 1. The molecule has 0 bridgehead atoms. The van der Waals surface area contributed by atoms with Gasteiger partial charge < -0.3 is 9.64 Å². The molecule has 0 radical (unpaired) electrons. The molecule has 110 valence electrons. The molecule has 0 aliphatic carbocycles. The van der Waals surface area contributed by atoms with Gasteiger partial charge in [0.25, 0.3) is 0 Å². The molecule has 1 heterocycles. The van der Waals surface area contributed by atoms with Gasteiger partial charge in [0.1, 0.15) is 6.04 Å². The average Bonchev–Trinajstić information content (AvgIpc) is 2.85. The van der Waals surface area contributed by atoms with E-state index in [1.54, 1.807) is 0 Å². The molecule has 0 spiro atoms. The van der Waals surface area contributed by atoms with Crippen LogP contribution in [0.25, 0.3) is 0 Å². The monoisotopic (exact) mass is 276 g/mol. The van der Waals surface area contributed by atoms with Crippen molar-refractivity contribution < 1.29 is 9.53 Å². The summed E-state index contributed by atoms with van der Waals surface area (Å²) in [6.45, 7) is 5.12. The minimum absolute atomic E-state index is 0.171. The van der Waals surface area contributed by atoms with E-state index >= 15 is 0 Å². The van der Waals surface area contributed by atoms with Gasteiger partial charge in [0.2, 0.25) is 5.91 Å². The Morgan fingerprint density at radius 2 is 2.00 bits per heavy atom. The fourth-order valence-electron chi connectivity index (χ4n) is 2.35. The molecule has 4 heteroatoms. The van der Waals surface area contributed by atoms with Crippen LogP contribution in [0.1, 0.15) is 37.8 Å². The van der Waals surface area contributed by atoms with Crippen molar-refractivity contribution in [3.8, 4) is 0 Å². The number of nitrogens with one attached hydrogen (secondary N) is 1. The number of carbonyl (C=O) groups excluding carboxylic acids is 1. The topological polar surface area (TPSA) is 41.6 Å². The van der Waals surface area contributed by atoms with Crippen LogP contribution >= 0.6 is 0 Å². The zero-order valence-electron chi connectivity index (χ0n) is 12.2. The lowest BCUT2D eigenvalue weighted by molar-refractivity contribution is -0.129. The first kappa shape index (κ1) is 15.0. The Hall–Kier alpha value is -1.39. The van der Waals surface area contributed by atoms with E-state index in [-0.39, 0.29) is 11.9 Å². The highest BCUT2D eigenvalue weighted by Gasteiger charge is 2.31. The highest BCUT2D eigenvalue weighted by Crippen LogP contribution is 2.20. The van der Waals surface area contributed by atoms with E-state index < -0.39 is 0 Å². The smallest absolute Gasteiger partial charge is 0.245 e. The summed E-state index contributed by atoms with van der Waals surface area (Å²) in [5.41, 5.74) is 1.04. The summed E-state index contributed by atoms with van der Waals surface area (Å²) in [6.07, 6.45) is 3.17.